The zero-order valence-electron chi connectivity index (χ0n) is 12.0. The van der Waals surface area contributed by atoms with E-state index >= 15 is 0 Å². The summed E-state index contributed by atoms with van der Waals surface area (Å²) >= 11 is 0. The van der Waals surface area contributed by atoms with Crippen molar-refractivity contribution in [2.45, 2.75) is 45.2 Å². The molecule has 0 aliphatic heterocycles. The number of carboxylic acid groups (broad SMARTS) is 1. The molecular weight excluding hydrogens is 272 g/mol. The maximum Gasteiger partial charge on any atom is 0.325 e. The largest absolute Gasteiger partial charge is 0.480 e. The van der Waals surface area contributed by atoms with Gasteiger partial charge in [-0.1, -0.05) is 11.6 Å². The topological polar surface area (TPSA) is 97.1 Å². The molecule has 4 atom stereocenters. The maximum absolute atomic E-state index is 12.1. The summed E-state index contributed by atoms with van der Waals surface area (Å²) in [6, 6.07) is 0.123. The van der Waals surface area contributed by atoms with E-state index in [9.17, 15) is 9.59 Å². The van der Waals surface area contributed by atoms with Crippen LogP contribution >= 0.6 is 0 Å². The molecule has 114 valence electrons. The molecular formula is C14H20N4O3. The summed E-state index contributed by atoms with van der Waals surface area (Å²) in [6.07, 6.45) is 6.50. The van der Waals surface area contributed by atoms with Crippen LogP contribution < -0.4 is 5.32 Å². The van der Waals surface area contributed by atoms with E-state index < -0.39 is 5.97 Å². The Morgan fingerprint density at radius 3 is 2.90 bits per heavy atom. The molecule has 3 rings (SSSR count). The summed E-state index contributed by atoms with van der Waals surface area (Å²) in [7, 11) is 0. The summed E-state index contributed by atoms with van der Waals surface area (Å²) in [5, 5.41) is 19.0. The van der Waals surface area contributed by atoms with Crippen molar-refractivity contribution in [2.75, 3.05) is 0 Å². The van der Waals surface area contributed by atoms with Gasteiger partial charge in [0.1, 0.15) is 6.54 Å². The summed E-state index contributed by atoms with van der Waals surface area (Å²) in [5.41, 5.74) is 0.172. The van der Waals surface area contributed by atoms with E-state index in [1.165, 1.54) is 31.9 Å². The van der Waals surface area contributed by atoms with Gasteiger partial charge in [-0.3, -0.25) is 9.59 Å². The predicted molar refractivity (Wildman–Crippen MR) is 73.5 cm³/mol. The normalized spacial score (nSPS) is 28.5. The molecule has 2 bridgehead atoms. The zero-order chi connectivity index (χ0) is 15.0. The molecule has 1 amide bonds. The zero-order valence-corrected chi connectivity index (χ0v) is 12.0. The molecule has 2 saturated carbocycles. The lowest BCUT2D eigenvalue weighted by Crippen LogP contribution is -2.40. The number of nitrogens with zero attached hydrogens (tertiary/aromatic N) is 3. The van der Waals surface area contributed by atoms with Crippen LogP contribution in [0, 0.1) is 17.8 Å². The van der Waals surface area contributed by atoms with Gasteiger partial charge in [-0.25, -0.2) is 4.68 Å². The van der Waals surface area contributed by atoms with Crippen LogP contribution in [-0.2, 0) is 11.3 Å². The van der Waals surface area contributed by atoms with Gasteiger partial charge in [0, 0.05) is 6.04 Å². The highest BCUT2D eigenvalue weighted by atomic mass is 16.4. The van der Waals surface area contributed by atoms with Crippen LogP contribution in [0.4, 0.5) is 0 Å². The van der Waals surface area contributed by atoms with E-state index in [1.807, 2.05) is 6.92 Å². The SMILES string of the molecule is CC(NC(=O)c1cn(CC(=O)O)nn1)C1CC2CCC1C2. The minimum absolute atomic E-state index is 0.123. The van der Waals surface area contributed by atoms with Crippen LogP contribution in [0.2, 0.25) is 0 Å². The number of hydrogen-bond acceptors (Lipinski definition) is 4. The maximum atomic E-state index is 12.1. The van der Waals surface area contributed by atoms with Gasteiger partial charge in [-0.05, 0) is 43.9 Å². The van der Waals surface area contributed by atoms with Gasteiger partial charge >= 0.3 is 5.97 Å². The molecule has 0 saturated heterocycles. The Morgan fingerprint density at radius 1 is 1.48 bits per heavy atom. The number of rotatable bonds is 5. The van der Waals surface area contributed by atoms with Crippen LogP contribution in [0.25, 0.3) is 0 Å². The molecule has 1 aromatic rings. The number of carbonyl (C=O) groups is 2. The van der Waals surface area contributed by atoms with Crippen LogP contribution in [0.1, 0.15) is 43.1 Å². The highest BCUT2D eigenvalue weighted by molar-refractivity contribution is 5.92. The second kappa shape index (κ2) is 5.46. The first-order valence-electron chi connectivity index (χ1n) is 7.45. The average Bonchev–Trinajstić information content (AvgIpc) is 3.12. The smallest absolute Gasteiger partial charge is 0.325 e. The molecule has 2 N–H and O–H groups in total. The van der Waals surface area contributed by atoms with E-state index in [-0.39, 0.29) is 24.2 Å². The number of nitrogens with one attached hydrogen (secondary N) is 1. The molecule has 21 heavy (non-hydrogen) atoms. The first kappa shape index (κ1) is 14.0. The van der Waals surface area contributed by atoms with Crippen LogP contribution in [-0.4, -0.2) is 38.0 Å². The second-order valence-corrected chi connectivity index (χ2v) is 6.30. The number of hydrogen-bond donors (Lipinski definition) is 2. The first-order chi connectivity index (χ1) is 10.0. The molecule has 2 aliphatic rings. The van der Waals surface area contributed by atoms with E-state index in [1.54, 1.807) is 0 Å². The highest BCUT2D eigenvalue weighted by Crippen LogP contribution is 2.49. The minimum Gasteiger partial charge on any atom is -0.480 e. The monoisotopic (exact) mass is 292 g/mol. The molecule has 0 radical (unpaired) electrons. The standard InChI is InChI=1S/C14H20N4O3/c1-8(11-5-9-2-3-10(11)4-9)15-14(21)12-6-18(17-16-12)7-13(19)20/h6,8-11H,2-5,7H2,1H3,(H,15,21)(H,19,20). The fraction of sp³-hybridized carbons (Fsp3) is 0.714. The van der Waals surface area contributed by atoms with Crippen molar-refractivity contribution in [1.82, 2.24) is 20.3 Å². The van der Waals surface area contributed by atoms with Gasteiger partial charge in [-0.2, -0.15) is 0 Å². The fourth-order valence-corrected chi connectivity index (χ4v) is 3.91. The Hall–Kier alpha value is -1.92. The number of carboxylic acids is 1. The van der Waals surface area contributed by atoms with Gasteiger partial charge < -0.3 is 10.4 Å². The van der Waals surface area contributed by atoms with E-state index in [4.69, 9.17) is 5.11 Å². The van der Waals surface area contributed by atoms with Crippen molar-refractivity contribution in [3.05, 3.63) is 11.9 Å². The third-order valence-corrected chi connectivity index (χ3v) is 4.86. The lowest BCUT2D eigenvalue weighted by atomic mass is 9.84. The fourth-order valence-electron chi connectivity index (χ4n) is 3.91. The third-order valence-electron chi connectivity index (χ3n) is 4.86. The van der Waals surface area contributed by atoms with E-state index in [2.05, 4.69) is 15.6 Å². The summed E-state index contributed by atoms with van der Waals surface area (Å²) in [6.45, 7) is 1.76. The van der Waals surface area contributed by atoms with Crippen molar-refractivity contribution < 1.29 is 14.7 Å². The van der Waals surface area contributed by atoms with Gasteiger partial charge in [0.25, 0.3) is 5.91 Å². The summed E-state index contributed by atoms with van der Waals surface area (Å²) in [4.78, 5) is 22.7. The first-order valence-corrected chi connectivity index (χ1v) is 7.45. The van der Waals surface area contributed by atoms with E-state index in [0.29, 0.717) is 5.92 Å². The van der Waals surface area contributed by atoms with Gasteiger partial charge in [0.15, 0.2) is 5.69 Å². The molecule has 1 aromatic heterocycles. The molecule has 4 unspecified atom stereocenters. The molecule has 1 heterocycles. The number of aromatic nitrogens is 3. The Morgan fingerprint density at radius 2 is 2.29 bits per heavy atom. The van der Waals surface area contributed by atoms with Crippen molar-refractivity contribution in [1.29, 1.82) is 0 Å². The average molecular weight is 292 g/mol. The Labute approximate surface area is 122 Å². The molecule has 0 spiro atoms. The van der Waals surface area contributed by atoms with Gasteiger partial charge in [0.05, 0.1) is 6.20 Å². The molecule has 0 aromatic carbocycles. The third kappa shape index (κ3) is 2.91. The second-order valence-electron chi connectivity index (χ2n) is 6.30. The van der Waals surface area contributed by atoms with Crippen molar-refractivity contribution >= 4 is 11.9 Å². The number of aliphatic carboxylic acids is 1. The Bertz CT molecular complexity index is 556. The predicted octanol–water partition coefficient (Wildman–Crippen LogP) is 0.917. The lowest BCUT2D eigenvalue weighted by molar-refractivity contribution is -0.137. The van der Waals surface area contributed by atoms with E-state index in [0.717, 1.165) is 16.5 Å². The summed E-state index contributed by atoms with van der Waals surface area (Å²) in [5.74, 6) is 0.856. The number of fused-ring (bicyclic) bond motifs is 2. The molecule has 2 aliphatic carbocycles. The highest BCUT2D eigenvalue weighted by Gasteiger charge is 2.42. The quantitative estimate of drug-likeness (QED) is 0.841. The van der Waals surface area contributed by atoms with Crippen molar-refractivity contribution in [2.24, 2.45) is 17.8 Å². The Kier molecular flexibility index (Phi) is 3.65. The number of amides is 1. The number of carbonyl (C=O) groups excluding carboxylic acids is 1. The summed E-state index contributed by atoms with van der Waals surface area (Å²) < 4.78 is 1.15. The molecule has 2 fully saturated rings. The van der Waals surface area contributed by atoms with Crippen molar-refractivity contribution in [3.63, 3.8) is 0 Å². The minimum atomic E-state index is -1.01. The molecule has 7 nitrogen and oxygen atoms in total. The van der Waals surface area contributed by atoms with Crippen LogP contribution in [0.3, 0.4) is 0 Å². The van der Waals surface area contributed by atoms with Crippen LogP contribution in [0.5, 0.6) is 0 Å². The molecule has 7 heteroatoms. The Balaban J connectivity index is 1.58. The van der Waals surface area contributed by atoms with Crippen LogP contribution in [0.15, 0.2) is 6.20 Å². The lowest BCUT2D eigenvalue weighted by Gasteiger charge is -2.28. The van der Waals surface area contributed by atoms with Gasteiger partial charge in [0.2, 0.25) is 0 Å². The van der Waals surface area contributed by atoms with Gasteiger partial charge in [-0.15, -0.1) is 5.10 Å². The van der Waals surface area contributed by atoms with Crippen molar-refractivity contribution in [3.8, 4) is 0 Å².